The van der Waals surface area contributed by atoms with Crippen LogP contribution in [0, 0.1) is 6.92 Å². The van der Waals surface area contributed by atoms with E-state index >= 15 is 0 Å². The molecule has 5 aromatic rings. The quantitative estimate of drug-likeness (QED) is 0.313. The molecule has 29 heavy (non-hydrogen) atoms. The first-order valence-electron chi connectivity index (χ1n) is 10.1. The van der Waals surface area contributed by atoms with E-state index in [1.165, 1.54) is 55.6 Å². The van der Waals surface area contributed by atoms with Crippen molar-refractivity contribution in [2.24, 2.45) is 0 Å². The van der Waals surface area contributed by atoms with Crippen LogP contribution in [-0.2, 0) is 0 Å². The van der Waals surface area contributed by atoms with E-state index in [0.717, 1.165) is 0 Å². The topological polar surface area (TPSA) is 8.81 Å². The maximum absolute atomic E-state index is 2.43. The van der Waals surface area contributed by atoms with Crippen LogP contribution in [0.2, 0.25) is 0 Å². The van der Waals surface area contributed by atoms with Gasteiger partial charge in [-0.1, -0.05) is 48.5 Å². The smallest absolute Gasteiger partial charge is 0.203 e. The van der Waals surface area contributed by atoms with Crippen molar-refractivity contribution in [2.45, 2.75) is 13.8 Å². The molecule has 0 bridgehead atoms. The van der Waals surface area contributed by atoms with Crippen LogP contribution in [0.25, 0.3) is 38.9 Å². The predicted molar refractivity (Wildman–Crippen MR) is 120 cm³/mol. The third-order valence-corrected chi connectivity index (χ3v) is 6.17. The summed E-state index contributed by atoms with van der Waals surface area (Å²) in [7, 11) is 0. The van der Waals surface area contributed by atoms with Gasteiger partial charge in [0.1, 0.15) is 16.7 Å². The Labute approximate surface area is 170 Å². The number of pyridine rings is 1. The molecule has 6 rings (SSSR count). The summed E-state index contributed by atoms with van der Waals surface area (Å²) >= 11 is 0. The zero-order valence-corrected chi connectivity index (χ0v) is 16.6. The first kappa shape index (κ1) is 16.3. The second-order valence-electron chi connectivity index (χ2n) is 7.76. The van der Waals surface area contributed by atoms with Crippen LogP contribution in [0.4, 0.5) is 0 Å². The Bertz CT molecular complexity index is 1470. The Balaban J connectivity index is 1.91. The number of aryl methyl sites for hydroxylation is 1. The minimum atomic E-state index is 1.17. The average molecular weight is 373 g/mol. The van der Waals surface area contributed by atoms with Crippen LogP contribution in [0.15, 0.2) is 91.1 Å². The van der Waals surface area contributed by atoms with E-state index in [0.29, 0.717) is 0 Å². The molecule has 2 aromatic heterocycles. The summed E-state index contributed by atoms with van der Waals surface area (Å²) in [6.07, 6.45) is 2.18. The molecule has 2 nitrogen and oxygen atoms in total. The summed E-state index contributed by atoms with van der Waals surface area (Å²) < 4.78 is 4.75. The fourth-order valence-corrected chi connectivity index (χ4v) is 4.87. The standard InChI is InChI=1S/C27H21N2/c1-18-10-3-4-11-20(18)26-19(2)28-17-8-7-16-25(28)29-24-15-6-5-12-21(24)22-13-9-14-23(26)27(22)29/h3-17H,1-2H3/q+1. The summed E-state index contributed by atoms with van der Waals surface area (Å²) in [6.45, 7) is 4.44. The van der Waals surface area contributed by atoms with Crippen LogP contribution >= 0.6 is 0 Å². The number of aromatic nitrogens is 2. The van der Waals surface area contributed by atoms with Gasteiger partial charge < -0.3 is 0 Å². The van der Waals surface area contributed by atoms with Gasteiger partial charge in [0, 0.05) is 28.0 Å². The van der Waals surface area contributed by atoms with Crippen molar-refractivity contribution in [1.82, 2.24) is 4.57 Å². The van der Waals surface area contributed by atoms with Gasteiger partial charge in [0.2, 0.25) is 0 Å². The van der Waals surface area contributed by atoms with Gasteiger partial charge in [-0.3, -0.25) is 0 Å². The van der Waals surface area contributed by atoms with E-state index in [1.807, 2.05) is 0 Å². The van der Waals surface area contributed by atoms with Crippen LogP contribution in [-0.4, -0.2) is 4.57 Å². The fraction of sp³-hybridized carbons (Fsp3) is 0.0741. The highest BCUT2D eigenvalue weighted by Crippen LogP contribution is 2.41. The number of allylic oxidation sites excluding steroid dienone is 1. The average Bonchev–Trinajstić information content (AvgIpc) is 3.05. The third-order valence-electron chi connectivity index (χ3n) is 6.17. The van der Waals surface area contributed by atoms with Crippen molar-refractivity contribution in [3.05, 3.63) is 108 Å². The molecule has 1 aliphatic heterocycles. The van der Waals surface area contributed by atoms with E-state index < -0.39 is 0 Å². The van der Waals surface area contributed by atoms with E-state index in [-0.39, 0.29) is 0 Å². The fourth-order valence-electron chi connectivity index (χ4n) is 4.87. The highest BCUT2D eigenvalue weighted by atomic mass is 15.2. The molecular formula is C27H21N2+. The molecule has 0 aliphatic carbocycles. The van der Waals surface area contributed by atoms with E-state index in [1.54, 1.807) is 0 Å². The van der Waals surface area contributed by atoms with Gasteiger partial charge in [0.25, 0.3) is 5.82 Å². The van der Waals surface area contributed by atoms with Crippen LogP contribution in [0.5, 0.6) is 0 Å². The van der Waals surface area contributed by atoms with Crippen molar-refractivity contribution in [3.63, 3.8) is 0 Å². The molecule has 2 heteroatoms. The lowest BCUT2D eigenvalue weighted by molar-refractivity contribution is -0.574. The Hall–Kier alpha value is -3.65. The number of nitrogens with zero attached hydrogens (tertiary/aromatic N) is 2. The molecule has 0 saturated carbocycles. The molecule has 3 aromatic carbocycles. The third kappa shape index (κ3) is 2.14. The maximum atomic E-state index is 2.43. The second kappa shape index (κ2) is 5.92. The number of hydrogen-bond donors (Lipinski definition) is 0. The Kier molecular flexibility index (Phi) is 3.33. The summed E-state index contributed by atoms with van der Waals surface area (Å²) in [5.41, 5.74) is 8.94. The molecule has 0 atom stereocenters. The number of para-hydroxylation sites is 2. The lowest BCUT2D eigenvalue weighted by Gasteiger charge is -2.13. The Morgan fingerprint density at radius 1 is 0.655 bits per heavy atom. The second-order valence-corrected chi connectivity index (χ2v) is 7.76. The van der Waals surface area contributed by atoms with Gasteiger partial charge in [-0.15, -0.1) is 0 Å². The molecule has 0 N–H and O–H groups in total. The van der Waals surface area contributed by atoms with Gasteiger partial charge in [-0.25, -0.2) is 4.57 Å². The van der Waals surface area contributed by atoms with Crippen molar-refractivity contribution < 1.29 is 4.57 Å². The van der Waals surface area contributed by atoms with E-state index in [2.05, 4.69) is 114 Å². The summed E-state index contributed by atoms with van der Waals surface area (Å²) in [6, 6.07) is 30.6. The molecule has 0 saturated heterocycles. The minimum absolute atomic E-state index is 1.17. The number of hydrogen-bond acceptors (Lipinski definition) is 0. The molecule has 138 valence electrons. The Morgan fingerprint density at radius 2 is 1.38 bits per heavy atom. The van der Waals surface area contributed by atoms with E-state index in [9.17, 15) is 0 Å². The highest BCUT2D eigenvalue weighted by molar-refractivity contribution is 6.14. The lowest BCUT2D eigenvalue weighted by Crippen LogP contribution is -2.35. The first-order valence-corrected chi connectivity index (χ1v) is 10.1. The molecule has 0 fully saturated rings. The minimum Gasteiger partial charge on any atom is -0.203 e. The van der Waals surface area contributed by atoms with Crippen molar-refractivity contribution in [2.75, 3.05) is 0 Å². The number of fused-ring (bicyclic) bond motifs is 5. The molecule has 0 amide bonds. The largest absolute Gasteiger partial charge is 0.291 e. The normalized spacial score (nSPS) is 13.0. The van der Waals surface area contributed by atoms with Crippen LogP contribution in [0.3, 0.4) is 0 Å². The van der Waals surface area contributed by atoms with Gasteiger partial charge in [-0.05, 0) is 55.3 Å². The van der Waals surface area contributed by atoms with Crippen molar-refractivity contribution in [3.8, 4) is 5.82 Å². The van der Waals surface area contributed by atoms with Gasteiger partial charge in [-0.2, -0.15) is 4.57 Å². The molecular weight excluding hydrogens is 352 g/mol. The lowest BCUT2D eigenvalue weighted by atomic mass is 9.91. The van der Waals surface area contributed by atoms with Gasteiger partial charge in [0.15, 0.2) is 0 Å². The van der Waals surface area contributed by atoms with Gasteiger partial charge in [0.05, 0.1) is 6.20 Å². The number of benzene rings is 3. The zero-order valence-electron chi connectivity index (χ0n) is 16.6. The Morgan fingerprint density at radius 3 is 2.28 bits per heavy atom. The summed E-state index contributed by atoms with van der Waals surface area (Å²) in [5, 5.41) is 2.60. The SMILES string of the molecule is CC1=C(c2ccccc2C)c2cccc3c4ccccc4n(c23)-c2cccc[n+]21. The maximum Gasteiger partial charge on any atom is 0.291 e. The molecule has 0 spiro atoms. The highest BCUT2D eigenvalue weighted by Gasteiger charge is 2.30. The summed E-state index contributed by atoms with van der Waals surface area (Å²) in [4.78, 5) is 0. The molecule has 0 radical (unpaired) electrons. The van der Waals surface area contributed by atoms with Gasteiger partial charge >= 0.3 is 0 Å². The van der Waals surface area contributed by atoms with Crippen LogP contribution in [0.1, 0.15) is 23.6 Å². The zero-order chi connectivity index (χ0) is 19.5. The monoisotopic (exact) mass is 373 g/mol. The molecule has 1 aliphatic rings. The van der Waals surface area contributed by atoms with E-state index in [4.69, 9.17) is 0 Å². The number of rotatable bonds is 1. The molecule has 3 heterocycles. The van der Waals surface area contributed by atoms with Crippen molar-refractivity contribution in [1.29, 1.82) is 0 Å². The molecule has 0 unspecified atom stereocenters. The predicted octanol–water partition coefficient (Wildman–Crippen LogP) is 6.13. The van der Waals surface area contributed by atoms with Crippen molar-refractivity contribution >= 4 is 33.1 Å². The summed E-state index contributed by atoms with van der Waals surface area (Å²) in [5.74, 6) is 1.17. The first-order chi connectivity index (χ1) is 14.3. The van der Waals surface area contributed by atoms with Crippen LogP contribution < -0.4 is 4.57 Å².